The Balaban J connectivity index is 1.88. The van der Waals surface area contributed by atoms with Crippen molar-refractivity contribution in [1.82, 2.24) is 4.90 Å². The molecule has 1 saturated carbocycles. The number of hydrogen-bond acceptors (Lipinski definition) is 5. The number of ketones is 1. The molecule has 2 aliphatic rings. The van der Waals surface area contributed by atoms with E-state index in [0.717, 1.165) is 44.1 Å². The number of amides is 1. The first-order valence-corrected chi connectivity index (χ1v) is 11.6. The molecule has 1 N–H and O–H groups in total. The van der Waals surface area contributed by atoms with Gasteiger partial charge in [-0.3, -0.25) is 9.59 Å². The molecule has 1 atom stereocenters. The average molecular weight is 450 g/mol. The lowest BCUT2D eigenvalue weighted by molar-refractivity contribution is -0.141. The molecule has 1 aliphatic heterocycles. The predicted molar refractivity (Wildman–Crippen MR) is 126 cm³/mol. The molecular formula is C27H31NO5. The van der Waals surface area contributed by atoms with Gasteiger partial charge in [0.2, 0.25) is 0 Å². The van der Waals surface area contributed by atoms with Crippen molar-refractivity contribution in [2.45, 2.75) is 57.5 Å². The summed E-state index contributed by atoms with van der Waals surface area (Å²) in [6, 6.07) is 12.3. The minimum absolute atomic E-state index is 0.0193. The van der Waals surface area contributed by atoms with Crippen molar-refractivity contribution in [1.29, 1.82) is 0 Å². The monoisotopic (exact) mass is 449 g/mol. The molecule has 1 saturated heterocycles. The lowest BCUT2D eigenvalue weighted by Gasteiger charge is -2.35. The van der Waals surface area contributed by atoms with Crippen molar-refractivity contribution in [3.63, 3.8) is 0 Å². The van der Waals surface area contributed by atoms with Gasteiger partial charge in [-0.15, -0.1) is 0 Å². The molecule has 6 nitrogen and oxygen atoms in total. The fourth-order valence-corrected chi connectivity index (χ4v) is 4.99. The van der Waals surface area contributed by atoms with Crippen molar-refractivity contribution in [2.24, 2.45) is 0 Å². The second-order valence-electron chi connectivity index (χ2n) is 8.66. The maximum absolute atomic E-state index is 13.3. The van der Waals surface area contributed by atoms with Crippen LogP contribution in [0.4, 0.5) is 0 Å². The number of aliphatic hydroxyl groups excluding tert-OH is 1. The largest absolute Gasteiger partial charge is 0.507 e. The number of aliphatic hydroxyl groups is 1. The van der Waals surface area contributed by atoms with Crippen LogP contribution < -0.4 is 9.47 Å². The third kappa shape index (κ3) is 4.22. The van der Waals surface area contributed by atoms with Crippen molar-refractivity contribution in [2.75, 3.05) is 14.2 Å². The number of carbonyl (C=O) groups excluding carboxylic acids is 2. The number of aryl methyl sites for hydroxylation is 1. The molecule has 1 unspecified atom stereocenters. The molecule has 6 heteroatoms. The van der Waals surface area contributed by atoms with Crippen molar-refractivity contribution in [3.8, 4) is 11.5 Å². The zero-order valence-electron chi connectivity index (χ0n) is 19.5. The van der Waals surface area contributed by atoms with E-state index < -0.39 is 17.7 Å². The third-order valence-electron chi connectivity index (χ3n) is 6.82. The van der Waals surface area contributed by atoms with Gasteiger partial charge in [0.15, 0.2) is 0 Å². The van der Waals surface area contributed by atoms with E-state index in [2.05, 4.69) is 6.92 Å². The van der Waals surface area contributed by atoms with Crippen LogP contribution in [0.5, 0.6) is 11.5 Å². The van der Waals surface area contributed by atoms with E-state index in [1.54, 1.807) is 30.2 Å². The summed E-state index contributed by atoms with van der Waals surface area (Å²) in [6.07, 6.45) is 5.82. The number of carbonyl (C=O) groups is 2. The summed E-state index contributed by atoms with van der Waals surface area (Å²) in [5.41, 5.74) is 2.46. The van der Waals surface area contributed by atoms with Crippen LogP contribution in [0.25, 0.3) is 5.76 Å². The number of hydrogen-bond donors (Lipinski definition) is 1. The number of likely N-dealkylation sites (tertiary alicyclic amines) is 1. The molecule has 174 valence electrons. The van der Waals surface area contributed by atoms with Gasteiger partial charge in [-0.2, -0.15) is 0 Å². The Bertz CT molecular complexity index is 1070. The predicted octanol–water partition coefficient (Wildman–Crippen LogP) is 5.02. The molecule has 0 spiro atoms. The molecule has 2 aromatic carbocycles. The summed E-state index contributed by atoms with van der Waals surface area (Å²) >= 11 is 0. The van der Waals surface area contributed by atoms with Gasteiger partial charge >= 0.3 is 0 Å². The molecule has 4 rings (SSSR count). The first-order chi connectivity index (χ1) is 16.0. The molecule has 2 aromatic rings. The molecule has 1 aliphatic carbocycles. The van der Waals surface area contributed by atoms with E-state index in [1.165, 1.54) is 12.7 Å². The summed E-state index contributed by atoms with van der Waals surface area (Å²) in [4.78, 5) is 28.3. The maximum atomic E-state index is 13.3. The zero-order valence-corrected chi connectivity index (χ0v) is 19.5. The standard InChI is InChI=1S/C27H31NO5/c1-4-17-10-12-18(13-11-17)24-23(25(29)21-15-14-20(32-2)16-22(21)33-3)26(30)27(31)28(24)19-8-6-5-7-9-19/h10-16,19,24,29H,4-9H2,1-3H3/b25-23-. The Morgan fingerprint density at radius 3 is 2.30 bits per heavy atom. The van der Waals surface area contributed by atoms with Crippen molar-refractivity contribution >= 4 is 17.4 Å². The zero-order chi connectivity index (χ0) is 23.5. The topological polar surface area (TPSA) is 76.1 Å². The van der Waals surface area contributed by atoms with Crippen LogP contribution in [0, 0.1) is 0 Å². The molecule has 0 aromatic heterocycles. The number of benzene rings is 2. The molecule has 0 radical (unpaired) electrons. The average Bonchev–Trinajstić information content (AvgIpc) is 3.14. The summed E-state index contributed by atoms with van der Waals surface area (Å²) in [5, 5.41) is 11.4. The fourth-order valence-electron chi connectivity index (χ4n) is 4.99. The van der Waals surface area contributed by atoms with Gasteiger partial charge in [-0.1, -0.05) is 50.5 Å². The summed E-state index contributed by atoms with van der Waals surface area (Å²) in [6.45, 7) is 2.08. The van der Waals surface area contributed by atoms with E-state index in [4.69, 9.17) is 9.47 Å². The van der Waals surface area contributed by atoms with Gasteiger partial charge in [0.05, 0.1) is 31.4 Å². The number of methoxy groups -OCH3 is 2. The van der Waals surface area contributed by atoms with Crippen LogP contribution in [0.15, 0.2) is 48.0 Å². The van der Waals surface area contributed by atoms with Crippen LogP contribution in [0.1, 0.15) is 61.8 Å². The molecule has 1 amide bonds. The molecule has 33 heavy (non-hydrogen) atoms. The Labute approximate surface area is 194 Å². The highest BCUT2D eigenvalue weighted by molar-refractivity contribution is 6.46. The van der Waals surface area contributed by atoms with E-state index in [9.17, 15) is 14.7 Å². The minimum Gasteiger partial charge on any atom is -0.507 e. The number of ether oxygens (including phenoxy) is 2. The lowest BCUT2D eigenvalue weighted by atomic mass is 9.90. The highest BCUT2D eigenvalue weighted by Gasteiger charge is 2.49. The highest BCUT2D eigenvalue weighted by Crippen LogP contribution is 2.44. The second-order valence-corrected chi connectivity index (χ2v) is 8.66. The summed E-state index contributed by atoms with van der Waals surface area (Å²) in [7, 11) is 3.04. The normalized spacial score (nSPS) is 20.8. The van der Waals surface area contributed by atoms with E-state index in [-0.39, 0.29) is 17.4 Å². The van der Waals surface area contributed by atoms with Gasteiger partial charge in [-0.05, 0) is 42.5 Å². The van der Waals surface area contributed by atoms with Crippen LogP contribution in [-0.2, 0) is 16.0 Å². The van der Waals surface area contributed by atoms with Crippen LogP contribution >= 0.6 is 0 Å². The van der Waals surface area contributed by atoms with Crippen LogP contribution in [0.3, 0.4) is 0 Å². The van der Waals surface area contributed by atoms with E-state index >= 15 is 0 Å². The fraction of sp³-hybridized carbons (Fsp3) is 0.407. The molecule has 0 bridgehead atoms. The smallest absolute Gasteiger partial charge is 0.295 e. The first-order valence-electron chi connectivity index (χ1n) is 11.6. The van der Waals surface area contributed by atoms with Crippen LogP contribution in [-0.4, -0.2) is 42.0 Å². The second kappa shape index (κ2) is 9.69. The summed E-state index contributed by atoms with van der Waals surface area (Å²) < 4.78 is 10.7. The number of Topliss-reactive ketones (excluding diaryl/α,β-unsaturated/α-hetero) is 1. The van der Waals surface area contributed by atoms with Gasteiger partial charge in [0.1, 0.15) is 17.3 Å². The van der Waals surface area contributed by atoms with Gasteiger partial charge in [0, 0.05) is 12.1 Å². The lowest BCUT2D eigenvalue weighted by Crippen LogP contribution is -2.40. The molecule has 2 fully saturated rings. The maximum Gasteiger partial charge on any atom is 0.295 e. The Hall–Kier alpha value is -3.28. The SMILES string of the molecule is CCc1ccc(C2/C(=C(/O)c3ccc(OC)cc3OC)C(=O)C(=O)N2C2CCCCC2)cc1. The van der Waals surface area contributed by atoms with Gasteiger partial charge in [-0.25, -0.2) is 0 Å². The van der Waals surface area contributed by atoms with E-state index in [0.29, 0.717) is 17.1 Å². The van der Waals surface area contributed by atoms with Gasteiger partial charge < -0.3 is 19.5 Å². The Kier molecular flexibility index (Phi) is 6.72. The highest BCUT2D eigenvalue weighted by atomic mass is 16.5. The van der Waals surface area contributed by atoms with Crippen molar-refractivity contribution in [3.05, 3.63) is 64.7 Å². The molecular weight excluding hydrogens is 418 g/mol. The Morgan fingerprint density at radius 1 is 1.00 bits per heavy atom. The number of rotatable bonds is 6. The minimum atomic E-state index is -0.652. The van der Waals surface area contributed by atoms with Crippen molar-refractivity contribution < 1.29 is 24.2 Å². The van der Waals surface area contributed by atoms with Crippen LogP contribution in [0.2, 0.25) is 0 Å². The third-order valence-corrected chi connectivity index (χ3v) is 6.82. The first kappa shape index (κ1) is 22.9. The summed E-state index contributed by atoms with van der Waals surface area (Å²) in [5.74, 6) is -0.481. The van der Waals surface area contributed by atoms with E-state index in [1.807, 2.05) is 24.3 Å². The van der Waals surface area contributed by atoms with Gasteiger partial charge in [0.25, 0.3) is 11.7 Å². The molecule has 1 heterocycles. The Morgan fingerprint density at radius 2 is 1.70 bits per heavy atom. The quantitative estimate of drug-likeness (QED) is 0.381. The number of nitrogens with zero attached hydrogens (tertiary/aromatic N) is 1.